The number of rotatable bonds is 3. The van der Waals surface area contributed by atoms with E-state index >= 15 is 0 Å². The summed E-state index contributed by atoms with van der Waals surface area (Å²) in [6, 6.07) is 2.51. The van der Waals surface area contributed by atoms with Crippen LogP contribution in [0, 0.1) is 5.92 Å². The molecular formula is C13H23N3O. The van der Waals surface area contributed by atoms with Crippen LogP contribution in [0.15, 0.2) is 16.8 Å². The maximum Gasteiger partial charge on any atom is 0.150 e. The molecule has 96 valence electrons. The molecule has 2 rings (SSSR count). The van der Waals surface area contributed by atoms with E-state index in [0.29, 0.717) is 12.0 Å². The highest BCUT2D eigenvalue weighted by molar-refractivity contribution is 4.98. The minimum atomic E-state index is 0.172. The Labute approximate surface area is 103 Å². The molecule has 4 heteroatoms. The number of nitrogens with one attached hydrogen (secondary N) is 1. The van der Waals surface area contributed by atoms with E-state index in [1.807, 2.05) is 6.07 Å². The SMILES string of the molecule is CC(C)C1CNC(C)(C)CN1Cc1ccno1. The Bertz CT molecular complexity index is 346. The number of hydrogen-bond acceptors (Lipinski definition) is 4. The average Bonchev–Trinajstić information content (AvgIpc) is 2.68. The Morgan fingerprint density at radius 2 is 2.35 bits per heavy atom. The Morgan fingerprint density at radius 3 is 2.94 bits per heavy atom. The lowest BCUT2D eigenvalue weighted by atomic mass is 9.93. The topological polar surface area (TPSA) is 41.3 Å². The molecule has 2 heterocycles. The Kier molecular flexibility index (Phi) is 3.54. The maximum atomic E-state index is 5.22. The van der Waals surface area contributed by atoms with Crippen molar-refractivity contribution >= 4 is 0 Å². The summed E-state index contributed by atoms with van der Waals surface area (Å²) in [5.74, 6) is 1.59. The summed E-state index contributed by atoms with van der Waals surface area (Å²) < 4.78 is 5.22. The summed E-state index contributed by atoms with van der Waals surface area (Å²) in [7, 11) is 0. The number of aromatic nitrogens is 1. The van der Waals surface area contributed by atoms with E-state index in [1.54, 1.807) is 6.20 Å². The van der Waals surface area contributed by atoms with Crippen LogP contribution in [-0.2, 0) is 6.54 Å². The first-order chi connectivity index (χ1) is 7.98. The van der Waals surface area contributed by atoms with Crippen LogP contribution >= 0.6 is 0 Å². The van der Waals surface area contributed by atoms with E-state index in [2.05, 4.69) is 43.1 Å². The van der Waals surface area contributed by atoms with Gasteiger partial charge in [-0.2, -0.15) is 0 Å². The second-order valence-electron chi connectivity index (χ2n) is 5.96. The molecule has 0 bridgehead atoms. The molecule has 17 heavy (non-hydrogen) atoms. The van der Waals surface area contributed by atoms with E-state index in [0.717, 1.165) is 25.4 Å². The first-order valence-corrected chi connectivity index (χ1v) is 6.36. The summed E-state index contributed by atoms with van der Waals surface area (Å²) in [4.78, 5) is 2.50. The summed E-state index contributed by atoms with van der Waals surface area (Å²) in [6.45, 7) is 12.0. The highest BCUT2D eigenvalue weighted by Gasteiger charge is 2.34. The zero-order valence-corrected chi connectivity index (χ0v) is 11.2. The molecule has 0 aliphatic carbocycles. The third kappa shape index (κ3) is 3.07. The van der Waals surface area contributed by atoms with Gasteiger partial charge < -0.3 is 9.84 Å². The number of piperazine rings is 1. The molecule has 1 aromatic heterocycles. The van der Waals surface area contributed by atoms with Crippen LogP contribution < -0.4 is 5.32 Å². The minimum Gasteiger partial charge on any atom is -0.360 e. The van der Waals surface area contributed by atoms with Crippen molar-refractivity contribution in [1.82, 2.24) is 15.4 Å². The predicted octanol–water partition coefficient (Wildman–Crippen LogP) is 1.88. The monoisotopic (exact) mass is 237 g/mol. The predicted molar refractivity (Wildman–Crippen MR) is 67.6 cm³/mol. The van der Waals surface area contributed by atoms with Crippen molar-refractivity contribution in [1.29, 1.82) is 0 Å². The Morgan fingerprint density at radius 1 is 1.59 bits per heavy atom. The van der Waals surface area contributed by atoms with Gasteiger partial charge in [0.2, 0.25) is 0 Å². The van der Waals surface area contributed by atoms with Crippen LogP contribution in [0.3, 0.4) is 0 Å². The van der Waals surface area contributed by atoms with Crippen LogP contribution in [0.25, 0.3) is 0 Å². The highest BCUT2D eigenvalue weighted by atomic mass is 16.5. The lowest BCUT2D eigenvalue weighted by Crippen LogP contribution is -2.62. The Hall–Kier alpha value is -0.870. The molecule has 0 spiro atoms. The number of nitrogens with zero attached hydrogens (tertiary/aromatic N) is 2. The molecule has 0 radical (unpaired) electrons. The van der Waals surface area contributed by atoms with Crippen molar-refractivity contribution in [2.75, 3.05) is 13.1 Å². The lowest BCUT2D eigenvalue weighted by Gasteiger charge is -2.45. The molecule has 1 aliphatic heterocycles. The van der Waals surface area contributed by atoms with Crippen molar-refractivity contribution in [3.05, 3.63) is 18.0 Å². The second kappa shape index (κ2) is 4.78. The van der Waals surface area contributed by atoms with Gasteiger partial charge in [-0.1, -0.05) is 19.0 Å². The molecule has 1 aliphatic rings. The molecule has 0 saturated carbocycles. The van der Waals surface area contributed by atoms with Crippen molar-refractivity contribution < 1.29 is 4.52 Å². The molecule has 0 aromatic carbocycles. The van der Waals surface area contributed by atoms with Gasteiger partial charge in [0.25, 0.3) is 0 Å². The van der Waals surface area contributed by atoms with E-state index in [9.17, 15) is 0 Å². The van der Waals surface area contributed by atoms with Crippen LogP contribution in [-0.4, -0.2) is 34.7 Å². The zero-order valence-electron chi connectivity index (χ0n) is 11.2. The fourth-order valence-electron chi connectivity index (χ4n) is 2.55. The molecule has 4 nitrogen and oxygen atoms in total. The molecule has 1 aromatic rings. The van der Waals surface area contributed by atoms with Gasteiger partial charge in [0, 0.05) is 30.7 Å². The van der Waals surface area contributed by atoms with Gasteiger partial charge in [0.15, 0.2) is 5.76 Å². The van der Waals surface area contributed by atoms with E-state index in [-0.39, 0.29) is 5.54 Å². The lowest BCUT2D eigenvalue weighted by molar-refractivity contribution is 0.0553. The van der Waals surface area contributed by atoms with Gasteiger partial charge in [0.1, 0.15) is 0 Å². The van der Waals surface area contributed by atoms with E-state index in [4.69, 9.17) is 4.52 Å². The van der Waals surface area contributed by atoms with Crippen LogP contribution in [0.5, 0.6) is 0 Å². The fourth-order valence-corrected chi connectivity index (χ4v) is 2.55. The Balaban J connectivity index is 2.08. The summed E-state index contributed by atoms with van der Waals surface area (Å²) in [5, 5.41) is 7.39. The van der Waals surface area contributed by atoms with Gasteiger partial charge in [0.05, 0.1) is 12.7 Å². The third-order valence-electron chi connectivity index (χ3n) is 3.48. The summed E-state index contributed by atoms with van der Waals surface area (Å²) in [5.41, 5.74) is 0.172. The van der Waals surface area contributed by atoms with Gasteiger partial charge in [-0.3, -0.25) is 4.90 Å². The van der Waals surface area contributed by atoms with Crippen LogP contribution in [0.4, 0.5) is 0 Å². The van der Waals surface area contributed by atoms with Crippen LogP contribution in [0.2, 0.25) is 0 Å². The van der Waals surface area contributed by atoms with Gasteiger partial charge in [-0.15, -0.1) is 0 Å². The molecule has 1 N–H and O–H groups in total. The van der Waals surface area contributed by atoms with Crippen LogP contribution in [0.1, 0.15) is 33.5 Å². The van der Waals surface area contributed by atoms with E-state index in [1.165, 1.54) is 0 Å². The molecular weight excluding hydrogens is 214 g/mol. The molecule has 1 atom stereocenters. The molecule has 0 amide bonds. The molecule has 1 fully saturated rings. The summed E-state index contributed by atoms with van der Waals surface area (Å²) >= 11 is 0. The third-order valence-corrected chi connectivity index (χ3v) is 3.48. The quantitative estimate of drug-likeness (QED) is 0.871. The maximum absolute atomic E-state index is 5.22. The van der Waals surface area contributed by atoms with Crippen molar-refractivity contribution in [2.24, 2.45) is 5.92 Å². The second-order valence-corrected chi connectivity index (χ2v) is 5.96. The van der Waals surface area contributed by atoms with Crippen molar-refractivity contribution in [2.45, 2.75) is 45.8 Å². The fraction of sp³-hybridized carbons (Fsp3) is 0.769. The van der Waals surface area contributed by atoms with Gasteiger partial charge in [-0.25, -0.2) is 0 Å². The summed E-state index contributed by atoms with van der Waals surface area (Å²) in [6.07, 6.45) is 1.72. The molecule has 1 unspecified atom stereocenters. The first kappa shape index (κ1) is 12.6. The van der Waals surface area contributed by atoms with Crippen molar-refractivity contribution in [3.63, 3.8) is 0 Å². The standard InChI is InChI=1S/C13H23N3O/c1-10(2)12-7-14-13(3,4)9-16(12)8-11-5-6-15-17-11/h5-6,10,12,14H,7-9H2,1-4H3. The van der Waals surface area contributed by atoms with Gasteiger partial charge >= 0.3 is 0 Å². The minimum absolute atomic E-state index is 0.172. The normalized spacial score (nSPS) is 25.4. The largest absolute Gasteiger partial charge is 0.360 e. The van der Waals surface area contributed by atoms with E-state index < -0.39 is 0 Å². The number of hydrogen-bond donors (Lipinski definition) is 1. The van der Waals surface area contributed by atoms with Gasteiger partial charge in [-0.05, 0) is 19.8 Å². The van der Waals surface area contributed by atoms with Crippen molar-refractivity contribution in [3.8, 4) is 0 Å². The first-order valence-electron chi connectivity index (χ1n) is 6.36. The smallest absolute Gasteiger partial charge is 0.150 e. The average molecular weight is 237 g/mol. The zero-order chi connectivity index (χ0) is 12.5. The highest BCUT2D eigenvalue weighted by Crippen LogP contribution is 2.22. The molecule has 1 saturated heterocycles.